The van der Waals surface area contributed by atoms with E-state index in [1.54, 1.807) is 0 Å². The minimum Gasteiger partial charge on any atom is -0.490 e. The lowest BCUT2D eigenvalue weighted by molar-refractivity contribution is 0.127. The maximum atomic E-state index is 14.0. The molecule has 2 aliphatic carbocycles. The summed E-state index contributed by atoms with van der Waals surface area (Å²) in [5, 5.41) is 0. The number of hydrogen-bond acceptors (Lipinski definition) is 1. The van der Waals surface area contributed by atoms with Crippen LogP contribution in [-0.4, -0.2) is 6.10 Å². The van der Waals surface area contributed by atoms with Crippen molar-refractivity contribution in [1.82, 2.24) is 0 Å². The Morgan fingerprint density at radius 3 is 2.70 bits per heavy atom. The zero-order valence-corrected chi connectivity index (χ0v) is 14.3. The number of unbranched alkanes of at least 4 members (excludes halogenated alkanes) is 2. The van der Waals surface area contributed by atoms with Gasteiger partial charge in [-0.2, -0.15) is 0 Å². The summed E-state index contributed by atoms with van der Waals surface area (Å²) in [6, 6.07) is 5.85. The fraction of sp³-hybridized carbons (Fsp3) is 0.619. The van der Waals surface area contributed by atoms with Gasteiger partial charge in [-0.15, -0.1) is 0 Å². The van der Waals surface area contributed by atoms with Gasteiger partial charge in [-0.25, -0.2) is 4.39 Å². The zero-order valence-electron chi connectivity index (χ0n) is 14.3. The molecule has 0 bridgehead atoms. The van der Waals surface area contributed by atoms with Crippen LogP contribution in [0.25, 0.3) is 5.57 Å². The minimum atomic E-state index is -0.907. The highest BCUT2D eigenvalue weighted by molar-refractivity contribution is 5.72. The lowest BCUT2D eigenvalue weighted by Gasteiger charge is -2.29. The largest absolute Gasteiger partial charge is 0.490 e. The van der Waals surface area contributed by atoms with Gasteiger partial charge < -0.3 is 4.74 Å². The molecule has 0 amide bonds. The highest BCUT2D eigenvalue weighted by atomic mass is 19.1. The molecule has 3 rings (SSSR count). The van der Waals surface area contributed by atoms with Gasteiger partial charge in [0.15, 0.2) is 0 Å². The number of fused-ring (bicyclic) bond motifs is 1. The van der Waals surface area contributed by atoms with Gasteiger partial charge >= 0.3 is 0 Å². The Kier molecular flexibility index (Phi) is 5.40. The van der Waals surface area contributed by atoms with Crippen LogP contribution in [0.4, 0.5) is 4.39 Å². The Labute approximate surface area is 139 Å². The van der Waals surface area contributed by atoms with Crippen molar-refractivity contribution in [2.24, 2.45) is 5.92 Å². The number of hydrogen-bond donors (Lipinski definition) is 0. The standard InChI is InChI=1S/C21H29FO/c1-3-4-5-6-16-7-9-17(10-8-16)23-18-11-12-19-15(2)13-21(22)20(19)14-18/h11-12,14,16-17,21H,2-10,13H2,1H3. The van der Waals surface area contributed by atoms with Crippen molar-refractivity contribution < 1.29 is 9.13 Å². The van der Waals surface area contributed by atoms with Crippen LogP contribution in [0.1, 0.15) is 82.0 Å². The predicted octanol–water partition coefficient (Wildman–Crippen LogP) is 6.63. The molecule has 1 nitrogen and oxygen atoms in total. The SMILES string of the molecule is C=C1CC(F)c2cc(OC3CCC(CCCCC)CC3)ccc21. The number of alkyl halides is 1. The molecule has 1 fully saturated rings. The summed E-state index contributed by atoms with van der Waals surface area (Å²) >= 11 is 0. The van der Waals surface area contributed by atoms with Gasteiger partial charge in [-0.1, -0.05) is 45.3 Å². The van der Waals surface area contributed by atoms with Crippen LogP contribution in [-0.2, 0) is 0 Å². The molecule has 1 aromatic carbocycles. The third kappa shape index (κ3) is 3.97. The van der Waals surface area contributed by atoms with Gasteiger partial charge in [-0.05, 0) is 60.4 Å². The molecule has 1 atom stereocenters. The molecule has 2 heteroatoms. The molecular weight excluding hydrogens is 287 g/mol. The predicted molar refractivity (Wildman–Crippen MR) is 94.5 cm³/mol. The van der Waals surface area contributed by atoms with Gasteiger partial charge in [0.2, 0.25) is 0 Å². The molecule has 1 aromatic rings. The van der Waals surface area contributed by atoms with Crippen LogP contribution in [0, 0.1) is 5.92 Å². The first-order chi connectivity index (χ1) is 11.2. The molecule has 2 aliphatic rings. The van der Waals surface area contributed by atoms with Crippen molar-refractivity contribution in [3.05, 3.63) is 35.9 Å². The maximum absolute atomic E-state index is 14.0. The first kappa shape index (κ1) is 16.5. The van der Waals surface area contributed by atoms with E-state index in [2.05, 4.69) is 13.5 Å². The lowest BCUT2D eigenvalue weighted by Crippen LogP contribution is -2.24. The Balaban J connectivity index is 1.51. The van der Waals surface area contributed by atoms with E-state index in [-0.39, 0.29) is 0 Å². The minimum absolute atomic E-state index is 0.304. The Hall–Kier alpha value is -1.31. The molecule has 0 saturated heterocycles. The van der Waals surface area contributed by atoms with Gasteiger partial charge in [0.05, 0.1) is 6.10 Å². The van der Waals surface area contributed by atoms with Crippen LogP contribution in [0.3, 0.4) is 0 Å². The first-order valence-corrected chi connectivity index (χ1v) is 9.30. The van der Waals surface area contributed by atoms with E-state index in [0.29, 0.717) is 12.5 Å². The zero-order chi connectivity index (χ0) is 16.2. The first-order valence-electron chi connectivity index (χ1n) is 9.30. The summed E-state index contributed by atoms with van der Waals surface area (Å²) in [6.07, 6.45) is 10.1. The molecule has 0 aliphatic heterocycles. The van der Waals surface area contributed by atoms with Crippen LogP contribution in [0.15, 0.2) is 24.8 Å². The molecule has 1 unspecified atom stereocenters. The van der Waals surface area contributed by atoms with Gasteiger partial charge in [0, 0.05) is 6.42 Å². The molecule has 23 heavy (non-hydrogen) atoms. The van der Waals surface area contributed by atoms with E-state index in [4.69, 9.17) is 4.74 Å². The quantitative estimate of drug-likeness (QED) is 0.535. The van der Waals surface area contributed by atoms with E-state index in [1.165, 1.54) is 38.5 Å². The topological polar surface area (TPSA) is 9.23 Å². The Morgan fingerprint density at radius 2 is 1.96 bits per heavy atom. The average molecular weight is 316 g/mol. The van der Waals surface area contributed by atoms with Crippen molar-refractivity contribution in [3.63, 3.8) is 0 Å². The van der Waals surface area contributed by atoms with Crippen LogP contribution in [0.5, 0.6) is 5.75 Å². The van der Waals surface area contributed by atoms with Crippen molar-refractivity contribution >= 4 is 5.57 Å². The summed E-state index contributed by atoms with van der Waals surface area (Å²) in [5.74, 6) is 1.72. The number of benzene rings is 1. The Bertz CT molecular complexity index is 543. The molecule has 126 valence electrons. The fourth-order valence-electron chi connectivity index (χ4n) is 4.05. The van der Waals surface area contributed by atoms with E-state index < -0.39 is 6.17 Å². The molecule has 0 spiro atoms. The average Bonchev–Trinajstić information content (AvgIpc) is 2.84. The Morgan fingerprint density at radius 1 is 1.17 bits per heavy atom. The normalized spacial score (nSPS) is 27.0. The van der Waals surface area contributed by atoms with Gasteiger partial charge in [0.25, 0.3) is 0 Å². The number of halogens is 1. The monoisotopic (exact) mass is 316 g/mol. The molecule has 1 saturated carbocycles. The number of rotatable bonds is 6. The van der Waals surface area contributed by atoms with Crippen molar-refractivity contribution in [3.8, 4) is 5.75 Å². The van der Waals surface area contributed by atoms with Crippen molar-refractivity contribution in [2.75, 3.05) is 0 Å². The van der Waals surface area contributed by atoms with Crippen molar-refractivity contribution in [2.45, 2.75) is 77.0 Å². The second kappa shape index (κ2) is 7.51. The second-order valence-corrected chi connectivity index (χ2v) is 7.28. The molecule has 0 heterocycles. The summed E-state index contributed by atoms with van der Waals surface area (Å²) in [4.78, 5) is 0. The maximum Gasteiger partial charge on any atom is 0.130 e. The van der Waals surface area contributed by atoms with E-state index in [1.807, 2.05) is 18.2 Å². The summed E-state index contributed by atoms with van der Waals surface area (Å²) in [7, 11) is 0. The van der Waals surface area contributed by atoms with Crippen LogP contribution < -0.4 is 4.74 Å². The fourth-order valence-corrected chi connectivity index (χ4v) is 4.05. The van der Waals surface area contributed by atoms with Crippen molar-refractivity contribution in [1.29, 1.82) is 0 Å². The van der Waals surface area contributed by atoms with E-state index in [0.717, 1.165) is 41.2 Å². The highest BCUT2D eigenvalue weighted by Gasteiger charge is 2.26. The molecule has 0 N–H and O–H groups in total. The summed E-state index contributed by atoms with van der Waals surface area (Å²) in [5.41, 5.74) is 2.65. The van der Waals surface area contributed by atoms with E-state index in [9.17, 15) is 4.39 Å². The number of allylic oxidation sites excluding steroid dienone is 1. The third-order valence-electron chi connectivity index (χ3n) is 5.48. The molecule has 0 radical (unpaired) electrons. The highest BCUT2D eigenvalue weighted by Crippen LogP contribution is 2.42. The molecular formula is C21H29FO. The smallest absolute Gasteiger partial charge is 0.130 e. The van der Waals surface area contributed by atoms with Crippen LogP contribution in [0.2, 0.25) is 0 Å². The summed E-state index contributed by atoms with van der Waals surface area (Å²) in [6.45, 7) is 6.21. The van der Waals surface area contributed by atoms with E-state index >= 15 is 0 Å². The second-order valence-electron chi connectivity index (χ2n) is 7.28. The lowest BCUT2D eigenvalue weighted by atomic mass is 9.84. The third-order valence-corrected chi connectivity index (χ3v) is 5.48. The van der Waals surface area contributed by atoms with Gasteiger partial charge in [-0.3, -0.25) is 0 Å². The number of ether oxygens (including phenoxy) is 1. The van der Waals surface area contributed by atoms with Gasteiger partial charge in [0.1, 0.15) is 11.9 Å². The summed E-state index contributed by atoms with van der Waals surface area (Å²) < 4.78 is 20.1. The molecule has 0 aromatic heterocycles. The van der Waals surface area contributed by atoms with Crippen LogP contribution >= 0.6 is 0 Å².